The maximum atomic E-state index is 11.0. The van der Waals surface area contributed by atoms with Gasteiger partial charge in [0.2, 0.25) is 5.91 Å². The minimum Gasteiger partial charge on any atom is -0.326 e. The summed E-state index contributed by atoms with van der Waals surface area (Å²) in [5, 5.41) is 2.77. The van der Waals surface area contributed by atoms with Gasteiger partial charge in [-0.1, -0.05) is 36.9 Å². The highest BCUT2D eigenvalue weighted by Crippen LogP contribution is 2.25. The maximum absolute atomic E-state index is 11.0. The summed E-state index contributed by atoms with van der Waals surface area (Å²) in [6.07, 6.45) is 1.73. The van der Waals surface area contributed by atoms with Gasteiger partial charge < -0.3 is 5.32 Å². The number of benzene rings is 1. The number of carbonyl (C=O) groups is 1. The van der Waals surface area contributed by atoms with Crippen molar-refractivity contribution >= 4 is 23.2 Å². The van der Waals surface area contributed by atoms with Gasteiger partial charge in [-0.05, 0) is 18.6 Å². The second kappa shape index (κ2) is 4.60. The highest BCUT2D eigenvalue weighted by molar-refractivity contribution is 5.93. The van der Waals surface area contributed by atoms with E-state index in [-0.39, 0.29) is 5.91 Å². The van der Waals surface area contributed by atoms with E-state index in [1.165, 1.54) is 6.92 Å². The number of allylic oxidation sites excluding steroid dienone is 1. The molecule has 1 rings (SSSR count). The third kappa shape index (κ3) is 2.56. The number of hydrogen-bond donors (Lipinski definition) is 1. The van der Waals surface area contributed by atoms with Crippen LogP contribution in [0.4, 0.5) is 5.69 Å². The van der Waals surface area contributed by atoms with Crippen LogP contribution >= 0.6 is 0 Å². The largest absolute Gasteiger partial charge is 0.326 e. The van der Waals surface area contributed by atoms with E-state index in [9.17, 15) is 4.79 Å². The molecule has 2 nitrogen and oxygen atoms in total. The highest BCUT2D eigenvalue weighted by atomic mass is 16.1. The lowest BCUT2D eigenvalue weighted by Gasteiger charge is -2.11. The minimum atomic E-state index is -0.0861. The van der Waals surface area contributed by atoms with Gasteiger partial charge in [0.15, 0.2) is 0 Å². The monoisotopic (exact) mass is 201 g/mol. The Morgan fingerprint density at radius 2 is 2.07 bits per heavy atom. The fraction of sp³-hybridized carbons (Fsp3) is 0.154. The minimum absolute atomic E-state index is 0.0861. The van der Waals surface area contributed by atoms with Crippen LogP contribution < -0.4 is 5.32 Å². The second-order valence-corrected chi connectivity index (χ2v) is 3.43. The van der Waals surface area contributed by atoms with Crippen LogP contribution in [0, 0.1) is 0 Å². The number of nitrogens with one attached hydrogen (secondary N) is 1. The maximum Gasteiger partial charge on any atom is 0.221 e. The molecule has 0 radical (unpaired) electrons. The quantitative estimate of drug-likeness (QED) is 0.798. The molecule has 0 aliphatic rings. The molecule has 15 heavy (non-hydrogen) atoms. The lowest BCUT2D eigenvalue weighted by Crippen LogP contribution is -2.07. The summed E-state index contributed by atoms with van der Waals surface area (Å²) in [7, 11) is 0. The summed E-state index contributed by atoms with van der Waals surface area (Å²) in [5.74, 6) is -0.0861. The molecule has 1 N–H and O–H groups in total. The van der Waals surface area contributed by atoms with E-state index in [2.05, 4.69) is 18.5 Å². The van der Waals surface area contributed by atoms with E-state index in [1.807, 2.05) is 25.1 Å². The first kappa shape index (κ1) is 11.2. The molecule has 0 aromatic heterocycles. The van der Waals surface area contributed by atoms with Gasteiger partial charge in [0.25, 0.3) is 0 Å². The molecule has 0 fully saturated rings. The third-order valence-corrected chi connectivity index (χ3v) is 2.08. The zero-order chi connectivity index (χ0) is 11.4. The Labute approximate surface area is 90.3 Å². The van der Waals surface area contributed by atoms with E-state index in [0.717, 1.165) is 22.4 Å². The highest BCUT2D eigenvalue weighted by Gasteiger charge is 2.06. The summed E-state index contributed by atoms with van der Waals surface area (Å²) in [6, 6.07) is 5.71. The van der Waals surface area contributed by atoms with Crippen LogP contribution in [0.5, 0.6) is 0 Å². The van der Waals surface area contributed by atoms with Gasteiger partial charge in [0.1, 0.15) is 0 Å². The second-order valence-electron chi connectivity index (χ2n) is 3.43. The van der Waals surface area contributed by atoms with Gasteiger partial charge in [-0.15, -0.1) is 0 Å². The molecule has 0 bridgehead atoms. The van der Waals surface area contributed by atoms with Gasteiger partial charge in [-0.2, -0.15) is 0 Å². The van der Waals surface area contributed by atoms with E-state index in [4.69, 9.17) is 0 Å². The molecule has 0 saturated carbocycles. The first-order chi connectivity index (χ1) is 7.06. The molecule has 1 aromatic rings. The van der Waals surface area contributed by atoms with Crippen molar-refractivity contribution in [1.82, 2.24) is 0 Å². The molecule has 0 spiro atoms. The first-order valence-corrected chi connectivity index (χ1v) is 4.75. The molecule has 0 unspecified atom stereocenters. The number of anilines is 1. The van der Waals surface area contributed by atoms with Crippen molar-refractivity contribution in [3.63, 3.8) is 0 Å². The zero-order valence-electron chi connectivity index (χ0n) is 9.13. The predicted octanol–water partition coefficient (Wildman–Crippen LogP) is 3.32. The Morgan fingerprint density at radius 1 is 1.40 bits per heavy atom. The zero-order valence-corrected chi connectivity index (χ0v) is 9.13. The SMILES string of the molecule is C=Cc1c(NC(C)=O)cccc1C(=C)C. The van der Waals surface area contributed by atoms with E-state index in [1.54, 1.807) is 6.08 Å². The van der Waals surface area contributed by atoms with Gasteiger partial charge in [0.05, 0.1) is 0 Å². The molecule has 0 aliphatic heterocycles. The van der Waals surface area contributed by atoms with Crippen LogP contribution in [0.15, 0.2) is 31.4 Å². The molecule has 0 heterocycles. The van der Waals surface area contributed by atoms with Crippen molar-refractivity contribution < 1.29 is 4.79 Å². The molecule has 1 aromatic carbocycles. The van der Waals surface area contributed by atoms with E-state index >= 15 is 0 Å². The van der Waals surface area contributed by atoms with Gasteiger partial charge >= 0.3 is 0 Å². The Kier molecular flexibility index (Phi) is 3.45. The number of carbonyl (C=O) groups excluding carboxylic acids is 1. The molecule has 1 amide bonds. The van der Waals surface area contributed by atoms with Gasteiger partial charge in [0, 0.05) is 18.2 Å². The Balaban J connectivity index is 3.27. The van der Waals surface area contributed by atoms with Crippen LogP contribution in [0.1, 0.15) is 25.0 Å². The predicted molar refractivity (Wildman–Crippen MR) is 65.5 cm³/mol. The summed E-state index contributed by atoms with van der Waals surface area (Å²) in [6.45, 7) is 11.1. The smallest absolute Gasteiger partial charge is 0.221 e. The Morgan fingerprint density at radius 3 is 2.53 bits per heavy atom. The summed E-state index contributed by atoms with van der Waals surface area (Å²) < 4.78 is 0. The van der Waals surface area contributed by atoms with E-state index in [0.29, 0.717) is 0 Å². The fourth-order valence-electron chi connectivity index (χ4n) is 1.46. The van der Waals surface area contributed by atoms with Crippen LogP contribution in [0.2, 0.25) is 0 Å². The summed E-state index contributed by atoms with van der Waals surface area (Å²) in [4.78, 5) is 11.0. The molecular formula is C13H15NO. The van der Waals surface area contributed by atoms with Crippen molar-refractivity contribution in [3.8, 4) is 0 Å². The van der Waals surface area contributed by atoms with Crippen molar-refractivity contribution in [2.75, 3.05) is 5.32 Å². The molecule has 0 atom stereocenters. The van der Waals surface area contributed by atoms with Crippen molar-refractivity contribution in [1.29, 1.82) is 0 Å². The van der Waals surface area contributed by atoms with Crippen LogP contribution in [-0.4, -0.2) is 5.91 Å². The topological polar surface area (TPSA) is 29.1 Å². The normalized spacial score (nSPS) is 9.47. The standard InChI is InChI=1S/C13H15NO/c1-5-11-12(9(2)3)7-6-8-13(11)14-10(4)15/h5-8H,1-2H2,3-4H3,(H,14,15). The van der Waals surface area contributed by atoms with Crippen molar-refractivity contribution in [2.24, 2.45) is 0 Å². The average molecular weight is 201 g/mol. The first-order valence-electron chi connectivity index (χ1n) is 4.75. The van der Waals surface area contributed by atoms with Crippen LogP contribution in [0.25, 0.3) is 11.6 Å². The summed E-state index contributed by atoms with van der Waals surface area (Å²) >= 11 is 0. The number of rotatable bonds is 3. The molecule has 0 saturated heterocycles. The van der Waals surface area contributed by atoms with Crippen molar-refractivity contribution in [2.45, 2.75) is 13.8 Å². The van der Waals surface area contributed by atoms with Crippen LogP contribution in [0.3, 0.4) is 0 Å². The fourth-order valence-corrected chi connectivity index (χ4v) is 1.46. The lowest BCUT2D eigenvalue weighted by molar-refractivity contribution is -0.114. The van der Waals surface area contributed by atoms with Gasteiger partial charge in [-0.3, -0.25) is 4.79 Å². The lowest BCUT2D eigenvalue weighted by atomic mass is 10.00. The number of hydrogen-bond acceptors (Lipinski definition) is 1. The Bertz CT molecular complexity index is 419. The number of amides is 1. The van der Waals surface area contributed by atoms with Crippen LogP contribution in [-0.2, 0) is 4.79 Å². The molecular weight excluding hydrogens is 186 g/mol. The molecule has 2 heteroatoms. The molecule has 0 aliphatic carbocycles. The van der Waals surface area contributed by atoms with E-state index < -0.39 is 0 Å². The van der Waals surface area contributed by atoms with Gasteiger partial charge in [-0.25, -0.2) is 0 Å². The van der Waals surface area contributed by atoms with Crippen molar-refractivity contribution in [3.05, 3.63) is 42.5 Å². The Hall–Kier alpha value is -1.83. The molecule has 78 valence electrons. The third-order valence-electron chi connectivity index (χ3n) is 2.08. The summed E-state index contributed by atoms with van der Waals surface area (Å²) in [5.41, 5.74) is 3.66. The average Bonchev–Trinajstić information content (AvgIpc) is 2.16.